The molecule has 2 aromatic heterocycles. The number of benzene rings is 1. The van der Waals surface area contributed by atoms with Gasteiger partial charge in [-0.15, -0.1) is 0 Å². The van der Waals surface area contributed by atoms with Gasteiger partial charge in [0.15, 0.2) is 11.9 Å². The van der Waals surface area contributed by atoms with E-state index in [-0.39, 0.29) is 29.8 Å². The number of nitrogens with one attached hydrogen (secondary N) is 1. The zero-order valence-electron chi connectivity index (χ0n) is 22.3. The molecule has 2 unspecified atom stereocenters. The summed E-state index contributed by atoms with van der Waals surface area (Å²) in [7, 11) is 0. The second-order valence-corrected chi connectivity index (χ2v) is 9.67. The maximum atomic E-state index is 12.8. The molecule has 0 amide bonds. The summed E-state index contributed by atoms with van der Waals surface area (Å²) in [4.78, 5) is 21.1. The molecule has 2 aliphatic rings. The summed E-state index contributed by atoms with van der Waals surface area (Å²) in [6.07, 6.45) is 5.13. The van der Waals surface area contributed by atoms with E-state index in [1.54, 1.807) is 22.9 Å². The first-order valence-corrected chi connectivity index (χ1v) is 13.4. The SMILES string of the molecule is CCCC(C#Cc1ccc2c(c1)CCn1c-2cc(OCC2COc3ncccc3O2)nc1=O)(CC)NCC. The van der Waals surface area contributed by atoms with Gasteiger partial charge in [-0.05, 0) is 55.6 Å². The Balaban J connectivity index is 1.35. The molecule has 0 saturated heterocycles. The molecule has 0 saturated carbocycles. The summed E-state index contributed by atoms with van der Waals surface area (Å²) in [5, 5.41) is 3.59. The Morgan fingerprint density at radius 1 is 1.24 bits per heavy atom. The van der Waals surface area contributed by atoms with Crippen LogP contribution < -0.4 is 25.2 Å². The van der Waals surface area contributed by atoms with Crippen LogP contribution in [0.3, 0.4) is 0 Å². The van der Waals surface area contributed by atoms with Gasteiger partial charge in [0.2, 0.25) is 5.88 Å². The molecule has 5 rings (SSSR count). The van der Waals surface area contributed by atoms with Gasteiger partial charge in [0.25, 0.3) is 5.88 Å². The molecule has 0 bridgehead atoms. The molecular weight excluding hydrogens is 480 g/mol. The van der Waals surface area contributed by atoms with Crippen molar-refractivity contribution in [2.24, 2.45) is 0 Å². The van der Waals surface area contributed by atoms with Crippen molar-refractivity contribution in [3.63, 3.8) is 0 Å². The summed E-state index contributed by atoms with van der Waals surface area (Å²) in [5.41, 5.74) is 3.48. The molecule has 3 aromatic rings. The highest BCUT2D eigenvalue weighted by Crippen LogP contribution is 2.31. The zero-order chi connectivity index (χ0) is 26.5. The number of hydrogen-bond acceptors (Lipinski definition) is 7. The highest BCUT2D eigenvalue weighted by molar-refractivity contribution is 5.68. The lowest BCUT2D eigenvalue weighted by Gasteiger charge is -2.28. The molecule has 2 aliphatic heterocycles. The van der Waals surface area contributed by atoms with Gasteiger partial charge in [0, 0.05) is 29.9 Å². The molecule has 38 heavy (non-hydrogen) atoms. The van der Waals surface area contributed by atoms with Crippen molar-refractivity contribution in [1.82, 2.24) is 19.9 Å². The van der Waals surface area contributed by atoms with Gasteiger partial charge in [-0.1, -0.05) is 45.1 Å². The molecule has 0 fully saturated rings. The normalized spacial score (nSPS) is 16.9. The monoisotopic (exact) mass is 514 g/mol. The van der Waals surface area contributed by atoms with Crippen LogP contribution in [-0.4, -0.2) is 45.9 Å². The Morgan fingerprint density at radius 3 is 2.95 bits per heavy atom. The number of fused-ring (bicyclic) bond motifs is 4. The van der Waals surface area contributed by atoms with Crippen molar-refractivity contribution < 1.29 is 14.2 Å². The number of aryl methyl sites for hydroxylation is 1. The van der Waals surface area contributed by atoms with Gasteiger partial charge in [-0.25, -0.2) is 9.78 Å². The summed E-state index contributed by atoms with van der Waals surface area (Å²) in [5.74, 6) is 8.27. The van der Waals surface area contributed by atoms with Crippen LogP contribution in [0.2, 0.25) is 0 Å². The van der Waals surface area contributed by atoms with Gasteiger partial charge >= 0.3 is 5.69 Å². The fourth-order valence-electron chi connectivity index (χ4n) is 5.12. The Bertz CT molecular complexity index is 1420. The first-order valence-electron chi connectivity index (χ1n) is 13.4. The van der Waals surface area contributed by atoms with E-state index in [4.69, 9.17) is 14.2 Å². The van der Waals surface area contributed by atoms with E-state index in [9.17, 15) is 4.79 Å². The van der Waals surface area contributed by atoms with Gasteiger partial charge < -0.3 is 19.5 Å². The van der Waals surface area contributed by atoms with E-state index in [0.29, 0.717) is 24.8 Å². The largest absolute Gasteiger partial charge is 0.478 e. The van der Waals surface area contributed by atoms with Crippen molar-refractivity contribution >= 4 is 0 Å². The number of aromatic nitrogens is 3. The third-order valence-electron chi connectivity index (χ3n) is 7.07. The first-order chi connectivity index (χ1) is 18.5. The smallest absolute Gasteiger partial charge is 0.351 e. The predicted molar refractivity (Wildman–Crippen MR) is 146 cm³/mol. The van der Waals surface area contributed by atoms with Crippen LogP contribution in [0.1, 0.15) is 51.2 Å². The Labute approximate surface area is 223 Å². The van der Waals surface area contributed by atoms with Crippen LogP contribution in [0.5, 0.6) is 17.5 Å². The van der Waals surface area contributed by atoms with E-state index in [0.717, 1.165) is 49.0 Å². The van der Waals surface area contributed by atoms with Crippen LogP contribution in [0.15, 0.2) is 47.4 Å². The van der Waals surface area contributed by atoms with Crippen molar-refractivity contribution in [3.8, 4) is 40.6 Å². The van der Waals surface area contributed by atoms with Crippen LogP contribution in [-0.2, 0) is 13.0 Å². The van der Waals surface area contributed by atoms with E-state index >= 15 is 0 Å². The average Bonchev–Trinajstić information content (AvgIpc) is 2.94. The minimum Gasteiger partial charge on any atom is -0.478 e. The molecule has 8 nitrogen and oxygen atoms in total. The van der Waals surface area contributed by atoms with E-state index in [1.165, 1.54) is 5.56 Å². The van der Waals surface area contributed by atoms with Gasteiger partial charge in [-0.2, -0.15) is 4.98 Å². The molecular formula is C30H34N4O4. The number of nitrogens with zero attached hydrogens (tertiary/aromatic N) is 3. The lowest BCUT2D eigenvalue weighted by Crippen LogP contribution is -2.43. The Hall–Kier alpha value is -3.83. The topological polar surface area (TPSA) is 87.5 Å². The molecule has 0 radical (unpaired) electrons. The summed E-state index contributed by atoms with van der Waals surface area (Å²) < 4.78 is 19.2. The lowest BCUT2D eigenvalue weighted by atomic mass is 9.90. The quantitative estimate of drug-likeness (QED) is 0.455. The molecule has 198 valence electrons. The summed E-state index contributed by atoms with van der Waals surface area (Å²) in [6, 6.07) is 11.7. The maximum Gasteiger partial charge on any atom is 0.351 e. The molecule has 0 spiro atoms. The van der Waals surface area contributed by atoms with Crippen LogP contribution in [0.4, 0.5) is 0 Å². The number of ether oxygens (including phenoxy) is 3. The second kappa shape index (κ2) is 11.3. The third kappa shape index (κ3) is 5.39. The van der Waals surface area contributed by atoms with E-state index in [2.05, 4.69) is 60.0 Å². The van der Waals surface area contributed by atoms with Crippen molar-refractivity contribution in [2.75, 3.05) is 19.8 Å². The van der Waals surface area contributed by atoms with Crippen LogP contribution >= 0.6 is 0 Å². The fraction of sp³-hybridized carbons (Fsp3) is 0.433. The summed E-state index contributed by atoms with van der Waals surface area (Å²) in [6.45, 7) is 8.48. The van der Waals surface area contributed by atoms with Gasteiger partial charge in [-0.3, -0.25) is 4.57 Å². The van der Waals surface area contributed by atoms with Gasteiger partial charge in [0.1, 0.15) is 13.2 Å². The highest BCUT2D eigenvalue weighted by atomic mass is 16.6. The molecule has 4 heterocycles. The second-order valence-electron chi connectivity index (χ2n) is 9.67. The third-order valence-corrected chi connectivity index (χ3v) is 7.07. The zero-order valence-corrected chi connectivity index (χ0v) is 22.3. The van der Waals surface area contributed by atoms with Crippen molar-refractivity contribution in [2.45, 2.75) is 64.6 Å². The molecule has 2 atom stereocenters. The van der Waals surface area contributed by atoms with Crippen LogP contribution in [0, 0.1) is 11.8 Å². The van der Waals surface area contributed by atoms with Crippen molar-refractivity contribution in [3.05, 3.63) is 64.2 Å². The highest BCUT2D eigenvalue weighted by Gasteiger charge is 2.25. The molecule has 1 N–H and O–H groups in total. The number of hydrogen-bond donors (Lipinski definition) is 1. The van der Waals surface area contributed by atoms with Crippen molar-refractivity contribution in [1.29, 1.82) is 0 Å². The average molecular weight is 515 g/mol. The Morgan fingerprint density at radius 2 is 2.13 bits per heavy atom. The molecule has 0 aliphatic carbocycles. The molecule has 8 heteroatoms. The molecule has 1 aromatic carbocycles. The lowest BCUT2D eigenvalue weighted by molar-refractivity contribution is 0.0486. The maximum absolute atomic E-state index is 12.8. The number of rotatable bonds is 8. The minimum absolute atomic E-state index is 0.164. The fourth-order valence-corrected chi connectivity index (χ4v) is 5.12. The van der Waals surface area contributed by atoms with E-state index in [1.807, 2.05) is 12.1 Å². The first kappa shape index (κ1) is 25.8. The minimum atomic E-state index is -0.328. The standard InChI is InChI=1S/C30H34N4O4/c1-4-13-30(5-2,32-6-3)14-11-21-9-10-24-22(17-21)12-16-34-25(24)18-27(33-29(34)35)36-19-23-20-37-28-26(38-23)8-7-15-31-28/h7-10,15,17-18,23,32H,4-6,12-13,16,19-20H2,1-3H3. The number of pyridine rings is 1. The van der Waals surface area contributed by atoms with E-state index < -0.39 is 0 Å². The predicted octanol–water partition coefficient (Wildman–Crippen LogP) is 3.99. The van der Waals surface area contributed by atoms with Gasteiger partial charge in [0.05, 0.1) is 11.2 Å². The Kier molecular flexibility index (Phi) is 7.66. The van der Waals surface area contributed by atoms with Crippen LogP contribution in [0.25, 0.3) is 11.3 Å². The summed E-state index contributed by atoms with van der Waals surface area (Å²) >= 11 is 0.